The second-order valence-electron chi connectivity index (χ2n) is 4.79. The van der Waals surface area contributed by atoms with Crippen molar-refractivity contribution in [2.24, 2.45) is 0 Å². The van der Waals surface area contributed by atoms with Gasteiger partial charge in [0.2, 0.25) is 0 Å². The van der Waals surface area contributed by atoms with Gasteiger partial charge in [-0.1, -0.05) is 23.7 Å². The minimum Gasteiger partial charge on any atom is -0.393 e. The lowest BCUT2D eigenvalue weighted by Gasteiger charge is -2.18. The topological polar surface area (TPSA) is 38.0 Å². The summed E-state index contributed by atoms with van der Waals surface area (Å²) in [5.41, 5.74) is 2.26. The van der Waals surface area contributed by atoms with Crippen molar-refractivity contribution in [1.82, 2.24) is 9.55 Å². The van der Waals surface area contributed by atoms with Crippen molar-refractivity contribution in [3.05, 3.63) is 52.6 Å². The molecule has 0 amide bonds. The summed E-state index contributed by atoms with van der Waals surface area (Å²) >= 11 is 5.87. The molecule has 1 aromatic carbocycles. The lowest BCUT2D eigenvalue weighted by Crippen LogP contribution is -2.22. The number of rotatable bonds is 2. The summed E-state index contributed by atoms with van der Waals surface area (Å²) in [7, 11) is 0. The van der Waals surface area contributed by atoms with Crippen LogP contribution in [0.25, 0.3) is 0 Å². The third kappa shape index (κ3) is 2.42. The van der Waals surface area contributed by atoms with Crippen molar-refractivity contribution in [2.45, 2.75) is 31.9 Å². The zero-order valence-corrected chi connectivity index (χ0v) is 10.8. The molecule has 94 valence electrons. The van der Waals surface area contributed by atoms with Crippen LogP contribution in [0.5, 0.6) is 0 Å². The van der Waals surface area contributed by atoms with E-state index in [1.807, 2.05) is 24.3 Å². The van der Waals surface area contributed by atoms with Crippen LogP contribution in [-0.4, -0.2) is 20.8 Å². The highest BCUT2D eigenvalue weighted by Gasteiger charge is 2.18. The lowest BCUT2D eigenvalue weighted by molar-refractivity contribution is 0.141. The van der Waals surface area contributed by atoms with Crippen molar-refractivity contribution >= 4 is 11.6 Å². The molecule has 4 heteroatoms. The normalized spacial score (nSPS) is 18.7. The Morgan fingerprint density at radius 1 is 1.33 bits per heavy atom. The number of aliphatic hydroxyl groups excluding tert-OH is 1. The molecule has 3 nitrogen and oxygen atoms in total. The van der Waals surface area contributed by atoms with Crippen LogP contribution >= 0.6 is 11.6 Å². The average molecular weight is 263 g/mol. The van der Waals surface area contributed by atoms with Gasteiger partial charge in [0.05, 0.1) is 11.8 Å². The molecular formula is C14H15ClN2O. The number of nitrogens with zero attached hydrogens (tertiary/aromatic N) is 2. The van der Waals surface area contributed by atoms with Gasteiger partial charge in [0.15, 0.2) is 0 Å². The second kappa shape index (κ2) is 4.75. The van der Waals surface area contributed by atoms with Crippen LogP contribution in [0.3, 0.4) is 0 Å². The number of fused-ring (bicyclic) bond motifs is 1. The molecule has 3 rings (SSSR count). The fourth-order valence-electron chi connectivity index (χ4n) is 2.37. The second-order valence-corrected chi connectivity index (χ2v) is 5.23. The predicted molar refractivity (Wildman–Crippen MR) is 70.8 cm³/mol. The minimum atomic E-state index is -0.233. The third-order valence-corrected chi connectivity index (χ3v) is 3.58. The molecule has 18 heavy (non-hydrogen) atoms. The van der Waals surface area contributed by atoms with Gasteiger partial charge < -0.3 is 9.67 Å². The van der Waals surface area contributed by atoms with E-state index in [1.54, 1.807) is 0 Å². The number of halogens is 1. The maximum Gasteiger partial charge on any atom is 0.111 e. The van der Waals surface area contributed by atoms with Crippen LogP contribution in [-0.2, 0) is 19.4 Å². The fraction of sp³-hybridized carbons (Fsp3) is 0.357. The SMILES string of the molecule is OC1CCn2cc(Cc3ccc(Cl)cc3)nc2C1. The molecule has 0 saturated heterocycles. The summed E-state index contributed by atoms with van der Waals surface area (Å²) < 4.78 is 2.15. The molecule has 0 saturated carbocycles. The predicted octanol–water partition coefficient (Wildman–Crippen LogP) is 2.43. The molecule has 1 unspecified atom stereocenters. The van der Waals surface area contributed by atoms with Crippen molar-refractivity contribution in [3.63, 3.8) is 0 Å². The van der Waals surface area contributed by atoms with Crippen LogP contribution < -0.4 is 0 Å². The molecule has 1 atom stereocenters. The molecule has 0 aliphatic carbocycles. The first-order valence-electron chi connectivity index (χ1n) is 6.18. The quantitative estimate of drug-likeness (QED) is 0.903. The zero-order chi connectivity index (χ0) is 12.5. The van der Waals surface area contributed by atoms with Crippen LogP contribution in [0.15, 0.2) is 30.5 Å². The number of imidazole rings is 1. The lowest BCUT2D eigenvalue weighted by atomic mass is 10.1. The molecule has 2 heterocycles. The zero-order valence-electron chi connectivity index (χ0n) is 10.0. The first-order chi connectivity index (χ1) is 8.70. The Labute approximate surface area is 111 Å². The van der Waals surface area contributed by atoms with Gasteiger partial charge >= 0.3 is 0 Å². The van der Waals surface area contributed by atoms with Gasteiger partial charge in [-0.2, -0.15) is 0 Å². The Balaban J connectivity index is 1.79. The number of hydrogen-bond acceptors (Lipinski definition) is 2. The van der Waals surface area contributed by atoms with E-state index in [1.165, 1.54) is 5.56 Å². The maximum atomic E-state index is 9.62. The van der Waals surface area contributed by atoms with Gasteiger partial charge in [0.25, 0.3) is 0 Å². The van der Waals surface area contributed by atoms with Crippen LogP contribution in [0.4, 0.5) is 0 Å². The maximum absolute atomic E-state index is 9.62. The summed E-state index contributed by atoms with van der Waals surface area (Å²) in [6, 6.07) is 7.85. The van der Waals surface area contributed by atoms with E-state index in [-0.39, 0.29) is 6.10 Å². The smallest absolute Gasteiger partial charge is 0.111 e. The fourth-order valence-corrected chi connectivity index (χ4v) is 2.49. The summed E-state index contributed by atoms with van der Waals surface area (Å²) in [6.45, 7) is 0.865. The van der Waals surface area contributed by atoms with Crippen LogP contribution in [0, 0.1) is 0 Å². The molecule has 0 bridgehead atoms. The van der Waals surface area contributed by atoms with E-state index in [2.05, 4.69) is 15.7 Å². The summed E-state index contributed by atoms with van der Waals surface area (Å²) in [4.78, 5) is 4.59. The molecule has 1 aliphatic rings. The van der Waals surface area contributed by atoms with Gasteiger partial charge in [-0.25, -0.2) is 4.98 Å². The van der Waals surface area contributed by atoms with E-state index in [4.69, 9.17) is 11.6 Å². The Kier molecular flexibility index (Phi) is 3.10. The number of benzene rings is 1. The first-order valence-corrected chi connectivity index (χ1v) is 6.56. The molecule has 0 spiro atoms. The largest absolute Gasteiger partial charge is 0.393 e. The Hall–Kier alpha value is -1.32. The molecule has 1 N–H and O–H groups in total. The van der Waals surface area contributed by atoms with E-state index in [9.17, 15) is 5.11 Å². The van der Waals surface area contributed by atoms with Crippen molar-refractivity contribution in [2.75, 3.05) is 0 Å². The van der Waals surface area contributed by atoms with Gasteiger partial charge in [-0.05, 0) is 24.1 Å². The molecule has 2 aromatic rings. The molecular weight excluding hydrogens is 248 g/mol. The third-order valence-electron chi connectivity index (χ3n) is 3.33. The molecule has 1 aromatic heterocycles. The summed E-state index contributed by atoms with van der Waals surface area (Å²) in [5.74, 6) is 0.998. The monoisotopic (exact) mass is 262 g/mol. The minimum absolute atomic E-state index is 0.233. The number of aliphatic hydroxyl groups is 1. The van der Waals surface area contributed by atoms with E-state index in [0.717, 1.165) is 35.9 Å². The van der Waals surface area contributed by atoms with E-state index in [0.29, 0.717) is 6.42 Å². The van der Waals surface area contributed by atoms with E-state index >= 15 is 0 Å². The van der Waals surface area contributed by atoms with Crippen molar-refractivity contribution in [3.8, 4) is 0 Å². The first kappa shape index (κ1) is 11.8. The summed E-state index contributed by atoms with van der Waals surface area (Å²) in [6.07, 6.45) is 4.16. The number of aryl methyl sites for hydroxylation is 1. The average Bonchev–Trinajstić information content (AvgIpc) is 2.73. The highest BCUT2D eigenvalue weighted by molar-refractivity contribution is 6.30. The Morgan fingerprint density at radius 2 is 2.11 bits per heavy atom. The van der Waals surface area contributed by atoms with Crippen LogP contribution in [0.1, 0.15) is 23.5 Å². The number of hydrogen-bond donors (Lipinski definition) is 1. The van der Waals surface area contributed by atoms with Gasteiger partial charge in [-0.15, -0.1) is 0 Å². The van der Waals surface area contributed by atoms with Crippen molar-refractivity contribution < 1.29 is 5.11 Å². The highest BCUT2D eigenvalue weighted by atomic mass is 35.5. The Bertz CT molecular complexity index is 547. The van der Waals surface area contributed by atoms with E-state index < -0.39 is 0 Å². The summed E-state index contributed by atoms with van der Waals surface area (Å²) in [5, 5.41) is 10.4. The highest BCUT2D eigenvalue weighted by Crippen LogP contribution is 2.18. The van der Waals surface area contributed by atoms with Gasteiger partial charge in [-0.3, -0.25) is 0 Å². The van der Waals surface area contributed by atoms with Crippen molar-refractivity contribution in [1.29, 1.82) is 0 Å². The molecule has 0 radical (unpaired) electrons. The molecule has 0 fully saturated rings. The van der Waals surface area contributed by atoms with Gasteiger partial charge in [0, 0.05) is 30.6 Å². The standard InChI is InChI=1S/C14H15ClN2O/c15-11-3-1-10(2-4-11)7-12-9-17-6-5-13(18)8-14(17)16-12/h1-4,9,13,18H,5-8H2. The molecule has 1 aliphatic heterocycles. The van der Waals surface area contributed by atoms with Gasteiger partial charge in [0.1, 0.15) is 5.82 Å². The number of aromatic nitrogens is 2. The van der Waals surface area contributed by atoms with Crippen LogP contribution in [0.2, 0.25) is 5.02 Å². The Morgan fingerprint density at radius 3 is 2.89 bits per heavy atom.